The number of hydrogen-bond donors (Lipinski definition) is 1. The Hall–Kier alpha value is -1.73. The van der Waals surface area contributed by atoms with E-state index in [-0.39, 0.29) is 35.3 Å². The minimum Gasteiger partial charge on any atom is -0.377 e. The number of ether oxygens (including phenoxy) is 1. The normalized spacial score (nSPS) is 18.7. The van der Waals surface area contributed by atoms with Crippen molar-refractivity contribution in [2.75, 3.05) is 19.8 Å². The van der Waals surface area contributed by atoms with Gasteiger partial charge in [-0.1, -0.05) is 11.6 Å². The van der Waals surface area contributed by atoms with Crippen LogP contribution in [0, 0.1) is 0 Å². The Morgan fingerprint density at radius 1 is 1.43 bits per heavy atom. The molecule has 0 saturated carbocycles. The standard InChI is InChI=1S/C13H17ClN4O3/c1-8(2)17-12(19)10-7-21-4-3-18(10)13(20)9-5-16-11(14)6-15-9/h5-6,8,10H,3-4,7H2,1-2H3,(H,17,19). The van der Waals surface area contributed by atoms with Crippen LogP contribution >= 0.6 is 11.6 Å². The monoisotopic (exact) mass is 312 g/mol. The molecule has 1 aliphatic rings. The Labute approximate surface area is 127 Å². The Kier molecular flexibility index (Phi) is 5.08. The van der Waals surface area contributed by atoms with Crippen molar-refractivity contribution in [1.82, 2.24) is 20.2 Å². The quantitative estimate of drug-likeness (QED) is 0.878. The third-order valence-corrected chi connectivity index (χ3v) is 3.16. The molecular formula is C13H17ClN4O3. The second-order valence-electron chi connectivity index (χ2n) is 4.98. The summed E-state index contributed by atoms with van der Waals surface area (Å²) in [6.45, 7) is 4.61. The number of carbonyl (C=O) groups excluding carboxylic acids is 2. The number of amides is 2. The van der Waals surface area contributed by atoms with Crippen LogP contribution in [0.3, 0.4) is 0 Å². The van der Waals surface area contributed by atoms with Crippen molar-refractivity contribution in [2.45, 2.75) is 25.9 Å². The maximum Gasteiger partial charge on any atom is 0.274 e. The summed E-state index contributed by atoms with van der Waals surface area (Å²) >= 11 is 5.66. The highest BCUT2D eigenvalue weighted by molar-refractivity contribution is 6.29. The maximum absolute atomic E-state index is 12.5. The van der Waals surface area contributed by atoms with Gasteiger partial charge in [-0.05, 0) is 13.8 Å². The predicted octanol–water partition coefficient (Wildman–Crippen LogP) is 0.496. The van der Waals surface area contributed by atoms with Crippen LogP contribution in [0.4, 0.5) is 0 Å². The molecule has 1 aromatic rings. The summed E-state index contributed by atoms with van der Waals surface area (Å²) in [6, 6.07) is -0.669. The van der Waals surface area contributed by atoms with Gasteiger partial charge < -0.3 is 15.0 Å². The molecule has 0 radical (unpaired) electrons. The molecule has 1 unspecified atom stereocenters. The Morgan fingerprint density at radius 3 is 2.81 bits per heavy atom. The molecule has 1 aliphatic heterocycles. The molecule has 1 atom stereocenters. The number of nitrogens with zero attached hydrogens (tertiary/aromatic N) is 3. The molecule has 0 aliphatic carbocycles. The van der Waals surface area contributed by atoms with Gasteiger partial charge in [-0.2, -0.15) is 0 Å². The van der Waals surface area contributed by atoms with Crippen molar-refractivity contribution in [3.8, 4) is 0 Å². The van der Waals surface area contributed by atoms with Crippen LogP contribution in [0.2, 0.25) is 5.15 Å². The van der Waals surface area contributed by atoms with Crippen LogP contribution in [0.15, 0.2) is 12.4 Å². The van der Waals surface area contributed by atoms with Gasteiger partial charge in [0, 0.05) is 12.6 Å². The fourth-order valence-corrected chi connectivity index (χ4v) is 2.11. The van der Waals surface area contributed by atoms with Gasteiger partial charge in [0.25, 0.3) is 5.91 Å². The lowest BCUT2D eigenvalue weighted by Gasteiger charge is -2.34. The minimum absolute atomic E-state index is 0.00768. The first-order valence-electron chi connectivity index (χ1n) is 6.65. The molecule has 2 heterocycles. The second kappa shape index (κ2) is 6.82. The molecule has 7 nitrogen and oxygen atoms in total. The Bertz CT molecular complexity index is 521. The zero-order chi connectivity index (χ0) is 15.4. The zero-order valence-corrected chi connectivity index (χ0v) is 12.6. The van der Waals surface area contributed by atoms with E-state index in [4.69, 9.17) is 16.3 Å². The molecule has 2 rings (SSSR count). The summed E-state index contributed by atoms with van der Waals surface area (Å²) in [4.78, 5) is 33.9. The molecule has 21 heavy (non-hydrogen) atoms. The van der Waals surface area contributed by atoms with E-state index in [9.17, 15) is 9.59 Å². The van der Waals surface area contributed by atoms with Crippen molar-refractivity contribution in [3.05, 3.63) is 23.2 Å². The van der Waals surface area contributed by atoms with Crippen LogP contribution in [-0.2, 0) is 9.53 Å². The van der Waals surface area contributed by atoms with Crippen molar-refractivity contribution in [3.63, 3.8) is 0 Å². The number of carbonyl (C=O) groups is 2. The van der Waals surface area contributed by atoms with Gasteiger partial charge in [-0.15, -0.1) is 0 Å². The molecule has 1 fully saturated rings. The van der Waals surface area contributed by atoms with Gasteiger partial charge >= 0.3 is 0 Å². The highest BCUT2D eigenvalue weighted by atomic mass is 35.5. The maximum atomic E-state index is 12.5. The predicted molar refractivity (Wildman–Crippen MR) is 76.0 cm³/mol. The zero-order valence-electron chi connectivity index (χ0n) is 11.9. The van der Waals surface area contributed by atoms with Crippen molar-refractivity contribution in [2.24, 2.45) is 0 Å². The summed E-state index contributed by atoms with van der Waals surface area (Å²) in [5.74, 6) is -0.591. The molecule has 0 bridgehead atoms. The van der Waals surface area contributed by atoms with E-state index in [1.807, 2.05) is 13.8 Å². The molecule has 2 amide bonds. The average molecular weight is 313 g/mol. The van der Waals surface area contributed by atoms with Gasteiger partial charge in [0.15, 0.2) is 0 Å². The summed E-state index contributed by atoms with van der Waals surface area (Å²) in [5.41, 5.74) is 0.156. The first-order chi connectivity index (χ1) is 9.99. The van der Waals surface area contributed by atoms with Gasteiger partial charge in [-0.3, -0.25) is 9.59 Å². The fraction of sp³-hybridized carbons (Fsp3) is 0.538. The SMILES string of the molecule is CC(C)NC(=O)C1COCCN1C(=O)c1cnc(Cl)cn1. The third-order valence-electron chi connectivity index (χ3n) is 2.96. The van der Waals surface area contributed by atoms with E-state index in [1.54, 1.807) is 0 Å². The number of morpholine rings is 1. The lowest BCUT2D eigenvalue weighted by Crippen LogP contribution is -2.56. The van der Waals surface area contributed by atoms with E-state index in [0.717, 1.165) is 0 Å². The topological polar surface area (TPSA) is 84.4 Å². The van der Waals surface area contributed by atoms with Gasteiger partial charge in [0.05, 0.1) is 25.6 Å². The number of rotatable bonds is 3. The third kappa shape index (κ3) is 3.89. The van der Waals surface area contributed by atoms with Gasteiger partial charge in [0.2, 0.25) is 5.91 Å². The number of halogens is 1. The Balaban J connectivity index is 2.16. The minimum atomic E-state index is -0.661. The lowest BCUT2D eigenvalue weighted by atomic mass is 10.2. The molecule has 1 aromatic heterocycles. The summed E-state index contributed by atoms with van der Waals surface area (Å²) in [5, 5.41) is 3.00. The van der Waals surface area contributed by atoms with E-state index in [1.165, 1.54) is 17.3 Å². The van der Waals surface area contributed by atoms with E-state index < -0.39 is 6.04 Å². The molecule has 0 spiro atoms. The summed E-state index contributed by atoms with van der Waals surface area (Å²) in [6.07, 6.45) is 2.61. The molecule has 114 valence electrons. The fourth-order valence-electron chi connectivity index (χ4n) is 2.01. The smallest absolute Gasteiger partial charge is 0.274 e. The van der Waals surface area contributed by atoms with Gasteiger partial charge in [0.1, 0.15) is 16.9 Å². The number of nitrogens with one attached hydrogen (secondary N) is 1. The van der Waals surface area contributed by atoms with Crippen LogP contribution in [0.25, 0.3) is 0 Å². The number of aromatic nitrogens is 2. The van der Waals surface area contributed by atoms with E-state index >= 15 is 0 Å². The molecule has 1 N–H and O–H groups in total. The van der Waals surface area contributed by atoms with Crippen LogP contribution < -0.4 is 5.32 Å². The van der Waals surface area contributed by atoms with Crippen LogP contribution in [-0.4, -0.2) is 58.5 Å². The highest BCUT2D eigenvalue weighted by Gasteiger charge is 2.34. The molecule has 1 saturated heterocycles. The highest BCUT2D eigenvalue weighted by Crippen LogP contribution is 2.12. The van der Waals surface area contributed by atoms with Crippen molar-refractivity contribution >= 4 is 23.4 Å². The number of hydrogen-bond acceptors (Lipinski definition) is 5. The van der Waals surface area contributed by atoms with Crippen LogP contribution in [0.5, 0.6) is 0 Å². The largest absolute Gasteiger partial charge is 0.377 e. The lowest BCUT2D eigenvalue weighted by molar-refractivity contribution is -0.131. The Morgan fingerprint density at radius 2 is 2.19 bits per heavy atom. The van der Waals surface area contributed by atoms with Crippen molar-refractivity contribution < 1.29 is 14.3 Å². The average Bonchev–Trinajstić information content (AvgIpc) is 2.46. The first-order valence-corrected chi connectivity index (χ1v) is 7.03. The molecule has 8 heteroatoms. The van der Waals surface area contributed by atoms with Crippen LogP contribution in [0.1, 0.15) is 24.3 Å². The van der Waals surface area contributed by atoms with E-state index in [0.29, 0.717) is 13.2 Å². The van der Waals surface area contributed by atoms with Crippen molar-refractivity contribution in [1.29, 1.82) is 0 Å². The van der Waals surface area contributed by atoms with E-state index in [2.05, 4.69) is 15.3 Å². The molecule has 0 aromatic carbocycles. The summed E-state index contributed by atoms with van der Waals surface area (Å²) in [7, 11) is 0. The van der Waals surface area contributed by atoms with Gasteiger partial charge in [-0.25, -0.2) is 9.97 Å². The second-order valence-corrected chi connectivity index (χ2v) is 5.36. The molecular weight excluding hydrogens is 296 g/mol. The first kappa shape index (κ1) is 15.7. The summed E-state index contributed by atoms with van der Waals surface area (Å²) < 4.78 is 5.31.